The number of aliphatic hydroxyl groups is 2. The zero-order valence-electron chi connectivity index (χ0n) is 18.3. The first-order valence-electron chi connectivity index (χ1n) is 11.2. The first kappa shape index (κ1) is 23.1. The summed E-state index contributed by atoms with van der Waals surface area (Å²) in [5.41, 5.74) is -0.455. The fourth-order valence-electron chi connectivity index (χ4n) is 4.41. The standard InChI is InChI=1S/C22H32N4O6/c27-17(13-23-5-9-31-10-6-23)15-25-20-4-2-1-3-19(20)21(29)26(22(25)30)16-18(28)14-24-7-11-32-12-8-24/h1-4,17-18,27-28H,5-16H2/t17-,18+/m0/s1. The molecular formula is C22H32N4O6. The summed E-state index contributed by atoms with van der Waals surface area (Å²) in [5.74, 6) is 0. The number of aromatic nitrogens is 2. The lowest BCUT2D eigenvalue weighted by Gasteiger charge is -2.29. The number of rotatable bonds is 8. The second kappa shape index (κ2) is 10.7. The van der Waals surface area contributed by atoms with Gasteiger partial charge in [0.05, 0.1) is 62.6 Å². The van der Waals surface area contributed by atoms with E-state index in [9.17, 15) is 19.8 Å². The normalized spacial score (nSPS) is 20.4. The van der Waals surface area contributed by atoms with E-state index in [4.69, 9.17) is 9.47 Å². The lowest BCUT2D eigenvalue weighted by Crippen LogP contribution is -2.48. The zero-order valence-corrected chi connectivity index (χ0v) is 18.3. The summed E-state index contributed by atoms with van der Waals surface area (Å²) >= 11 is 0. The molecule has 1 aromatic carbocycles. The molecule has 10 nitrogen and oxygen atoms in total. The Morgan fingerprint density at radius 1 is 0.750 bits per heavy atom. The quantitative estimate of drug-likeness (QED) is 0.505. The predicted octanol–water partition coefficient (Wildman–Crippen LogP) is -1.45. The molecule has 0 radical (unpaired) electrons. The number of hydrogen-bond acceptors (Lipinski definition) is 8. The van der Waals surface area contributed by atoms with Gasteiger partial charge < -0.3 is 19.7 Å². The second-order valence-corrected chi connectivity index (χ2v) is 8.46. The molecule has 2 atom stereocenters. The Kier molecular flexibility index (Phi) is 7.71. The van der Waals surface area contributed by atoms with E-state index in [2.05, 4.69) is 9.80 Å². The number of fused-ring (bicyclic) bond motifs is 1. The van der Waals surface area contributed by atoms with Crippen LogP contribution in [0.1, 0.15) is 0 Å². The van der Waals surface area contributed by atoms with Gasteiger partial charge >= 0.3 is 5.69 Å². The van der Waals surface area contributed by atoms with Crippen molar-refractivity contribution >= 4 is 10.9 Å². The van der Waals surface area contributed by atoms with Crippen LogP contribution in [0.2, 0.25) is 0 Å². The number of nitrogens with zero attached hydrogens (tertiary/aromatic N) is 4. The summed E-state index contributed by atoms with van der Waals surface area (Å²) in [6.45, 7) is 6.11. The van der Waals surface area contributed by atoms with Gasteiger partial charge in [0.1, 0.15) is 0 Å². The van der Waals surface area contributed by atoms with Gasteiger partial charge in [0.2, 0.25) is 0 Å². The fraction of sp³-hybridized carbons (Fsp3) is 0.636. The fourth-order valence-corrected chi connectivity index (χ4v) is 4.41. The Bertz CT molecular complexity index is 1010. The van der Waals surface area contributed by atoms with Crippen LogP contribution in [-0.4, -0.2) is 107 Å². The summed E-state index contributed by atoms with van der Waals surface area (Å²) in [6.07, 6.45) is -1.65. The monoisotopic (exact) mass is 448 g/mol. The SMILES string of the molecule is O=c1c2ccccc2n(C[C@@H](O)CN2CCOCC2)c(=O)n1C[C@H](O)CN1CCOCC1. The highest BCUT2D eigenvalue weighted by atomic mass is 16.5. The van der Waals surface area contributed by atoms with Gasteiger partial charge in [0.15, 0.2) is 0 Å². The molecule has 0 aliphatic carbocycles. The van der Waals surface area contributed by atoms with Crippen LogP contribution >= 0.6 is 0 Å². The van der Waals surface area contributed by atoms with Gasteiger partial charge in [0.25, 0.3) is 5.56 Å². The number of ether oxygens (including phenoxy) is 2. The number of morpholine rings is 2. The molecule has 0 spiro atoms. The van der Waals surface area contributed by atoms with Crippen LogP contribution in [0, 0.1) is 0 Å². The number of hydrogen-bond donors (Lipinski definition) is 2. The Morgan fingerprint density at radius 2 is 1.25 bits per heavy atom. The van der Waals surface area contributed by atoms with Gasteiger partial charge in [0, 0.05) is 39.3 Å². The van der Waals surface area contributed by atoms with Crippen molar-refractivity contribution < 1.29 is 19.7 Å². The maximum atomic E-state index is 13.3. The molecule has 2 N–H and O–H groups in total. The topological polar surface area (TPSA) is 109 Å². The average Bonchev–Trinajstić information content (AvgIpc) is 2.81. The van der Waals surface area contributed by atoms with Crippen molar-refractivity contribution in [1.29, 1.82) is 0 Å². The molecule has 0 bridgehead atoms. The molecule has 2 aromatic rings. The Morgan fingerprint density at radius 3 is 1.81 bits per heavy atom. The molecule has 0 saturated carbocycles. The van der Waals surface area contributed by atoms with Crippen molar-refractivity contribution in [2.24, 2.45) is 0 Å². The molecule has 2 aliphatic rings. The third kappa shape index (κ3) is 5.45. The van der Waals surface area contributed by atoms with Crippen LogP contribution in [0.5, 0.6) is 0 Å². The molecular weight excluding hydrogens is 416 g/mol. The van der Waals surface area contributed by atoms with Crippen LogP contribution in [0.4, 0.5) is 0 Å². The predicted molar refractivity (Wildman–Crippen MR) is 119 cm³/mol. The van der Waals surface area contributed by atoms with E-state index in [0.29, 0.717) is 63.5 Å². The minimum absolute atomic E-state index is 0.0660. The zero-order chi connectivity index (χ0) is 22.5. The van der Waals surface area contributed by atoms with E-state index in [1.165, 1.54) is 4.57 Å². The Balaban J connectivity index is 1.57. The van der Waals surface area contributed by atoms with E-state index >= 15 is 0 Å². The molecule has 1 aromatic heterocycles. The van der Waals surface area contributed by atoms with Gasteiger partial charge in [-0.1, -0.05) is 12.1 Å². The van der Waals surface area contributed by atoms with Gasteiger partial charge in [-0.2, -0.15) is 0 Å². The molecule has 0 unspecified atom stereocenters. The summed E-state index contributed by atoms with van der Waals surface area (Å²) in [4.78, 5) is 30.5. The van der Waals surface area contributed by atoms with E-state index < -0.39 is 23.5 Å². The Labute approximate surface area is 186 Å². The molecule has 2 saturated heterocycles. The number of benzene rings is 1. The third-order valence-electron chi connectivity index (χ3n) is 6.06. The second-order valence-electron chi connectivity index (χ2n) is 8.46. The van der Waals surface area contributed by atoms with Crippen LogP contribution in [0.15, 0.2) is 33.9 Å². The smallest absolute Gasteiger partial charge is 0.331 e. The Hall–Kier alpha value is -2.08. The summed E-state index contributed by atoms with van der Waals surface area (Å²) in [6, 6.07) is 6.90. The largest absolute Gasteiger partial charge is 0.390 e. The van der Waals surface area contributed by atoms with Crippen LogP contribution < -0.4 is 11.2 Å². The van der Waals surface area contributed by atoms with Crippen molar-refractivity contribution in [2.75, 3.05) is 65.7 Å². The summed E-state index contributed by atoms with van der Waals surface area (Å²) in [5, 5.41) is 21.7. The minimum Gasteiger partial charge on any atom is -0.390 e. The third-order valence-corrected chi connectivity index (χ3v) is 6.06. The van der Waals surface area contributed by atoms with Crippen molar-refractivity contribution in [3.05, 3.63) is 45.1 Å². The highest BCUT2D eigenvalue weighted by molar-refractivity contribution is 5.77. The van der Waals surface area contributed by atoms with Gasteiger partial charge in [-0.3, -0.25) is 23.7 Å². The lowest BCUT2D eigenvalue weighted by molar-refractivity contribution is 0.0101. The van der Waals surface area contributed by atoms with Crippen LogP contribution in [0.25, 0.3) is 10.9 Å². The maximum absolute atomic E-state index is 13.3. The van der Waals surface area contributed by atoms with E-state index in [1.54, 1.807) is 24.3 Å². The average molecular weight is 449 g/mol. The molecule has 176 valence electrons. The van der Waals surface area contributed by atoms with Crippen LogP contribution in [0.3, 0.4) is 0 Å². The van der Waals surface area contributed by atoms with Crippen molar-refractivity contribution in [2.45, 2.75) is 25.3 Å². The van der Waals surface area contributed by atoms with Gasteiger partial charge in [-0.25, -0.2) is 4.79 Å². The minimum atomic E-state index is -0.869. The summed E-state index contributed by atoms with van der Waals surface area (Å²) in [7, 11) is 0. The van der Waals surface area contributed by atoms with Crippen LogP contribution in [-0.2, 0) is 22.6 Å². The van der Waals surface area contributed by atoms with Crippen molar-refractivity contribution in [3.8, 4) is 0 Å². The molecule has 4 rings (SSSR count). The number of aliphatic hydroxyl groups excluding tert-OH is 2. The van der Waals surface area contributed by atoms with Crippen molar-refractivity contribution in [3.63, 3.8) is 0 Å². The first-order chi connectivity index (χ1) is 15.5. The molecule has 32 heavy (non-hydrogen) atoms. The lowest BCUT2D eigenvalue weighted by atomic mass is 10.2. The van der Waals surface area contributed by atoms with E-state index in [1.807, 2.05) is 0 Å². The van der Waals surface area contributed by atoms with E-state index in [0.717, 1.165) is 17.7 Å². The highest BCUT2D eigenvalue weighted by Crippen LogP contribution is 2.10. The first-order valence-corrected chi connectivity index (χ1v) is 11.2. The maximum Gasteiger partial charge on any atom is 0.331 e. The number of para-hydroxylation sites is 1. The molecule has 0 amide bonds. The number of β-amino-alcohol motifs (C(OH)–C–C–N with tert-alkyl or cyclic N) is 2. The molecule has 2 fully saturated rings. The van der Waals surface area contributed by atoms with Crippen molar-refractivity contribution in [1.82, 2.24) is 18.9 Å². The van der Waals surface area contributed by atoms with Gasteiger partial charge in [-0.15, -0.1) is 0 Å². The van der Waals surface area contributed by atoms with Gasteiger partial charge in [-0.05, 0) is 12.1 Å². The van der Waals surface area contributed by atoms with E-state index in [-0.39, 0.29) is 13.1 Å². The molecule has 10 heteroatoms. The molecule has 3 heterocycles. The summed E-state index contributed by atoms with van der Waals surface area (Å²) < 4.78 is 13.2. The molecule has 2 aliphatic heterocycles. The highest BCUT2D eigenvalue weighted by Gasteiger charge is 2.21.